The molecule has 2 fully saturated rings. The molecule has 2 aliphatic rings. The third-order valence-electron chi connectivity index (χ3n) is 15.9. The zero-order valence-corrected chi connectivity index (χ0v) is 44.3. The summed E-state index contributed by atoms with van der Waals surface area (Å²) in [4.78, 5) is 43.0. The van der Waals surface area contributed by atoms with Gasteiger partial charge in [-0.05, 0) is 76.8 Å². The second kappa shape index (κ2) is 21.0. The van der Waals surface area contributed by atoms with Crippen LogP contribution in [0.15, 0.2) is 80.3 Å². The number of ether oxygens (including phenoxy) is 1. The first-order chi connectivity index (χ1) is 38.7. The molecule has 9 aromatic rings. The first-order valence-corrected chi connectivity index (χ1v) is 25.9. The summed E-state index contributed by atoms with van der Waals surface area (Å²) in [6.07, 6.45) is 0.589. The zero-order chi connectivity index (χ0) is 57.3. The second-order valence-corrected chi connectivity index (χ2v) is 21.2. The molecule has 0 unspecified atom stereocenters. The number of aliphatic hydroxyl groups excluding tert-OH is 2. The smallest absolute Gasteiger partial charge is 0.265 e. The highest BCUT2D eigenvalue weighted by molar-refractivity contribution is 5.85. The molecule has 0 bridgehead atoms. The molecule has 0 spiro atoms. The van der Waals surface area contributed by atoms with Crippen molar-refractivity contribution >= 4 is 56.2 Å². The zero-order valence-electron chi connectivity index (χ0n) is 44.3. The number of benzene rings is 1. The van der Waals surface area contributed by atoms with Crippen LogP contribution in [0.1, 0.15) is 63.6 Å². The number of imidazole rings is 2. The minimum atomic E-state index is -3.22. The van der Waals surface area contributed by atoms with Crippen molar-refractivity contribution in [2.75, 3.05) is 54.2 Å². The van der Waals surface area contributed by atoms with Crippen molar-refractivity contribution < 1.29 is 41.3 Å². The lowest BCUT2D eigenvalue weighted by Gasteiger charge is -2.47. The van der Waals surface area contributed by atoms with Crippen molar-refractivity contribution in [2.24, 2.45) is 12.8 Å². The summed E-state index contributed by atoms with van der Waals surface area (Å²) < 4.78 is 101. The SMILES string of the molecule is C[C@@H](c1cc(-c2ccc(OCN[C@]3([C@H](O)C(F)F)CCCN(c4cnc(-c5cc6cnn(C)c6cc5F)cc4C(C)(C)n4cnc5c(N)ncnc54)C3)c(F)n2)ncc1N1CCC[C@](N)([C@H](O)C(F)F)C1)n1cnc2c(N)ncnc21. The summed E-state index contributed by atoms with van der Waals surface area (Å²) in [6, 6.07) is 8.60. The molecule has 0 aliphatic carbocycles. The number of piperidine rings is 2. The van der Waals surface area contributed by atoms with E-state index in [1.165, 1.54) is 43.4 Å². The summed E-state index contributed by atoms with van der Waals surface area (Å²) >= 11 is 0. The maximum Gasteiger partial charge on any atom is 0.265 e. The third kappa shape index (κ3) is 9.77. The maximum absolute atomic E-state index is 16.2. The van der Waals surface area contributed by atoms with E-state index in [0.29, 0.717) is 81.7 Å². The molecular weight excluding hydrogens is 1060 g/mol. The first-order valence-electron chi connectivity index (χ1n) is 25.9. The van der Waals surface area contributed by atoms with Crippen molar-refractivity contribution in [2.45, 2.75) is 94.2 Å². The third-order valence-corrected chi connectivity index (χ3v) is 15.9. The number of aryl methyl sites for hydroxylation is 1. The Hall–Kier alpha value is -8.34. The molecule has 81 heavy (non-hydrogen) atoms. The normalized spacial score (nSPS) is 19.3. The highest BCUT2D eigenvalue weighted by Crippen LogP contribution is 2.42. The molecule has 11 rings (SSSR count). The van der Waals surface area contributed by atoms with Gasteiger partial charge in [0.1, 0.15) is 48.4 Å². The summed E-state index contributed by atoms with van der Waals surface area (Å²) in [5.74, 6) is -1.67. The number of halogens is 6. The molecule has 0 radical (unpaired) electrons. The van der Waals surface area contributed by atoms with Crippen LogP contribution in [0.2, 0.25) is 0 Å². The number of rotatable bonds is 16. The Morgan fingerprint density at radius 1 is 0.753 bits per heavy atom. The number of fused-ring (bicyclic) bond motifs is 3. The highest BCUT2D eigenvalue weighted by atomic mass is 19.3. The first kappa shape index (κ1) is 54.6. The number of aromatic nitrogens is 13. The van der Waals surface area contributed by atoms with Gasteiger partial charge in [0.2, 0.25) is 0 Å². The quantitative estimate of drug-likeness (QED) is 0.0383. The van der Waals surface area contributed by atoms with E-state index in [1.54, 1.807) is 62.7 Å². The number of nitrogens with zero attached hydrogens (tertiary/aromatic N) is 15. The molecule has 28 heteroatoms. The second-order valence-electron chi connectivity index (χ2n) is 21.2. The number of alkyl halides is 4. The van der Waals surface area contributed by atoms with Gasteiger partial charge in [0.15, 0.2) is 28.7 Å². The monoisotopic (exact) mass is 1120 g/mol. The van der Waals surface area contributed by atoms with Crippen molar-refractivity contribution in [3.8, 4) is 28.4 Å². The van der Waals surface area contributed by atoms with Gasteiger partial charge in [-0.3, -0.25) is 20.0 Å². The molecule has 22 nitrogen and oxygen atoms in total. The molecular formula is C53H57F6N19O3. The fraction of sp³-hybridized carbons (Fsp3) is 0.396. The van der Waals surface area contributed by atoms with Crippen LogP contribution >= 0.6 is 0 Å². The van der Waals surface area contributed by atoms with E-state index in [9.17, 15) is 27.8 Å². The lowest BCUT2D eigenvalue weighted by Crippen LogP contribution is -2.66. The molecule has 0 amide bonds. The van der Waals surface area contributed by atoms with Gasteiger partial charge in [0.05, 0.1) is 87.9 Å². The molecule has 1 aromatic carbocycles. The van der Waals surface area contributed by atoms with Gasteiger partial charge in [0, 0.05) is 61.4 Å². The van der Waals surface area contributed by atoms with E-state index in [-0.39, 0.29) is 66.0 Å². The number of nitrogen functional groups attached to an aromatic ring is 2. The molecule has 2 saturated heterocycles. The average molecular weight is 1120 g/mol. The van der Waals surface area contributed by atoms with Crippen LogP contribution in [0.5, 0.6) is 5.75 Å². The van der Waals surface area contributed by atoms with Crippen LogP contribution in [0.4, 0.5) is 49.4 Å². The summed E-state index contributed by atoms with van der Waals surface area (Å²) in [6.45, 7) is 5.43. The molecule has 9 N–H and O–H groups in total. The number of hydrogen-bond donors (Lipinski definition) is 6. The minimum Gasteiger partial charge on any atom is -0.474 e. The Bertz CT molecular complexity index is 3820. The number of pyridine rings is 3. The average Bonchev–Trinajstić information content (AvgIpc) is 4.27. The molecule has 5 atom stereocenters. The summed E-state index contributed by atoms with van der Waals surface area (Å²) in [5.41, 5.74) is 19.2. The fourth-order valence-electron chi connectivity index (χ4n) is 11.4. The molecule has 8 aromatic heterocycles. The van der Waals surface area contributed by atoms with Crippen LogP contribution in [-0.2, 0) is 12.6 Å². The lowest BCUT2D eigenvalue weighted by molar-refractivity contribution is -0.0699. The van der Waals surface area contributed by atoms with Gasteiger partial charge in [-0.15, -0.1) is 0 Å². The van der Waals surface area contributed by atoms with Gasteiger partial charge in [-0.1, -0.05) is 0 Å². The van der Waals surface area contributed by atoms with Crippen LogP contribution < -0.4 is 37.1 Å². The van der Waals surface area contributed by atoms with Crippen LogP contribution in [0, 0.1) is 11.8 Å². The largest absolute Gasteiger partial charge is 0.474 e. The topological polar surface area (TPSA) is 290 Å². The molecule has 2 aliphatic heterocycles. The standard InChI is InChI=1S/C53H57F6N19O3/c1-27(77-24-69-40-47(60)65-22-67-49(40)77)29-14-35(64-18-37(29)75-11-5-9-52(62,20-75)42(79)44(55)56)33-7-8-39(46(59)73-33)81-26-71-53(43(80)45(57)58)10-6-12-76(21-53)38-19-63-34(30-13-28-17-72-74(4)36(28)16-32(30)54)15-31(38)51(2,3)78-25-70-41-48(61)66-23-68-50(41)78/h7-8,13-19,22-25,27,42-45,71,79-80H,5-6,9-12,20-21,26,62H2,1-4H3,(H2,60,65,67)(H2,61,66,68)/t27-,42+,43+,52+,53+/m0/s1. The van der Waals surface area contributed by atoms with E-state index in [2.05, 4.69) is 50.3 Å². The van der Waals surface area contributed by atoms with Gasteiger partial charge in [-0.2, -0.15) is 9.49 Å². The number of nitrogens with two attached hydrogens (primary N) is 3. The van der Waals surface area contributed by atoms with Crippen LogP contribution in [0.3, 0.4) is 0 Å². The van der Waals surface area contributed by atoms with Crippen LogP contribution in [-0.4, -0.2) is 143 Å². The number of nitrogens with one attached hydrogen (secondary N) is 1. The van der Waals surface area contributed by atoms with E-state index >= 15 is 8.78 Å². The Balaban J connectivity index is 0.886. The Labute approximate surface area is 458 Å². The van der Waals surface area contributed by atoms with Gasteiger partial charge >= 0.3 is 0 Å². The number of anilines is 4. The Kier molecular flexibility index (Phi) is 14.1. The summed E-state index contributed by atoms with van der Waals surface area (Å²) in [7, 11) is 1.71. The van der Waals surface area contributed by atoms with Crippen LogP contribution in [0.25, 0.3) is 55.9 Å². The van der Waals surface area contributed by atoms with E-state index in [0.717, 1.165) is 0 Å². The van der Waals surface area contributed by atoms with Crippen molar-refractivity contribution in [1.29, 1.82) is 0 Å². The van der Waals surface area contributed by atoms with Gasteiger partial charge < -0.3 is 51.1 Å². The Morgan fingerprint density at radius 3 is 2.15 bits per heavy atom. The predicted octanol–water partition coefficient (Wildman–Crippen LogP) is 5.72. The Morgan fingerprint density at radius 2 is 1.42 bits per heavy atom. The van der Waals surface area contributed by atoms with Crippen molar-refractivity contribution in [1.82, 2.24) is 69.1 Å². The van der Waals surface area contributed by atoms with Crippen molar-refractivity contribution in [3.63, 3.8) is 0 Å². The van der Waals surface area contributed by atoms with Crippen molar-refractivity contribution in [3.05, 3.63) is 103 Å². The van der Waals surface area contributed by atoms with Gasteiger partial charge in [0.25, 0.3) is 18.8 Å². The predicted molar refractivity (Wildman–Crippen MR) is 288 cm³/mol. The minimum absolute atomic E-state index is 0.0507. The fourth-order valence-corrected chi connectivity index (χ4v) is 11.4. The number of aliphatic hydroxyl groups is 2. The highest BCUT2D eigenvalue weighted by Gasteiger charge is 2.47. The molecule has 10 heterocycles. The number of hydrogen-bond acceptors (Lipinski definition) is 19. The molecule has 0 saturated carbocycles. The maximum atomic E-state index is 16.2. The van der Waals surface area contributed by atoms with E-state index < -0.39 is 66.2 Å². The lowest BCUT2D eigenvalue weighted by atomic mass is 9.82. The van der Waals surface area contributed by atoms with E-state index in [1.807, 2.05) is 25.7 Å². The summed E-state index contributed by atoms with van der Waals surface area (Å²) in [5, 5.41) is 29.9. The molecule has 424 valence electrons. The van der Waals surface area contributed by atoms with E-state index in [4.69, 9.17) is 26.9 Å². The van der Waals surface area contributed by atoms with Gasteiger partial charge in [-0.25, -0.2) is 56.8 Å².